The van der Waals surface area contributed by atoms with E-state index in [1.54, 1.807) is 48.5 Å². The maximum absolute atomic E-state index is 11.8. The van der Waals surface area contributed by atoms with Crippen LogP contribution in [-0.4, -0.2) is 86.6 Å². The van der Waals surface area contributed by atoms with E-state index in [4.69, 9.17) is 40.2 Å². The minimum absolute atomic E-state index is 0.0647. The van der Waals surface area contributed by atoms with E-state index < -0.39 is 34.8 Å². The van der Waals surface area contributed by atoms with E-state index in [1.807, 2.05) is 353 Å². The number of carbonyl (C=O) groups is 4. The number of rotatable bonds is 33. The van der Waals surface area contributed by atoms with Crippen LogP contribution in [0, 0.1) is 40.6 Å². The molecule has 8 bridgehead atoms. The number of nitrogens with zero attached hydrogens (tertiary/aromatic N) is 10. The summed E-state index contributed by atoms with van der Waals surface area (Å²) in [6, 6.07) is 113. The maximum Gasteiger partial charge on any atom is 0.346 e. The van der Waals surface area contributed by atoms with Crippen LogP contribution in [0.4, 0.5) is 45.5 Å². The van der Waals surface area contributed by atoms with Crippen molar-refractivity contribution in [1.29, 1.82) is 15.8 Å². The first-order chi connectivity index (χ1) is 66.6. The van der Waals surface area contributed by atoms with E-state index in [1.165, 1.54) is 24.3 Å². The summed E-state index contributed by atoms with van der Waals surface area (Å²) >= 11 is 0. The van der Waals surface area contributed by atoms with Crippen LogP contribution >= 0.6 is 0 Å². The van der Waals surface area contributed by atoms with Gasteiger partial charge in [0.1, 0.15) is 52.4 Å². The molecule has 2 aliphatic heterocycles. The maximum atomic E-state index is 11.8. The molecule has 0 amide bonds. The first-order valence-corrected chi connectivity index (χ1v) is 42.7. The smallest absolute Gasteiger partial charge is 0.346 e. The van der Waals surface area contributed by atoms with Gasteiger partial charge in [-0.2, -0.15) is 15.8 Å². The molecule has 24 nitrogen and oxygen atoms in total. The highest BCUT2D eigenvalue weighted by Gasteiger charge is 2.24. The zero-order chi connectivity index (χ0) is 93.8. The summed E-state index contributed by atoms with van der Waals surface area (Å²) in [6.45, 7) is 7.91. The molecule has 0 aliphatic carbocycles. The topological polar surface area (TPSA) is 321 Å². The second kappa shape index (κ2) is 41.3. The second-order valence-corrected chi connectivity index (χ2v) is 30.8. The monoisotopic (exact) mass is 1780 g/mol. The number of carbonyl (C=O) groups excluding carboxylic acids is 1. The van der Waals surface area contributed by atoms with Crippen molar-refractivity contribution in [1.82, 2.24) is 19.9 Å². The molecule has 17 rings (SSSR count). The molecule has 136 heavy (non-hydrogen) atoms. The van der Waals surface area contributed by atoms with Crippen LogP contribution < -0.4 is 38.5 Å². The van der Waals surface area contributed by atoms with E-state index in [2.05, 4.69) is 14.8 Å². The Morgan fingerprint density at radius 3 is 0.801 bits per heavy atom. The lowest BCUT2D eigenvalue weighted by Crippen LogP contribution is -2.22. The Labute approximate surface area is 780 Å². The summed E-state index contributed by atoms with van der Waals surface area (Å²) in [5, 5.41) is 57.5. The molecule has 5 N–H and O–H groups in total. The molecule has 0 atom stereocenters. The summed E-state index contributed by atoms with van der Waals surface area (Å²) < 4.78 is 31.6. The number of nitriles is 3. The number of hydrogen-bond acceptors (Lipinski definition) is 18. The number of aliphatic carboxylic acids is 3. The van der Waals surface area contributed by atoms with E-state index >= 15 is 0 Å². The third-order valence-electron chi connectivity index (χ3n) is 22.4. The first kappa shape index (κ1) is 88.5. The van der Waals surface area contributed by atoms with Crippen LogP contribution in [0.1, 0.15) is 45.0 Å². The molecule has 0 saturated carbocycles. The number of anilines is 8. The van der Waals surface area contributed by atoms with Crippen molar-refractivity contribution in [3.63, 3.8) is 0 Å². The minimum atomic E-state index is -1.32. The molecule has 0 saturated heterocycles. The van der Waals surface area contributed by atoms with Crippen LogP contribution in [0.25, 0.3) is 120 Å². The molecule has 2 aliphatic rings. The molecule has 5 heterocycles. The van der Waals surface area contributed by atoms with Gasteiger partial charge < -0.3 is 68.6 Å². The summed E-state index contributed by atoms with van der Waals surface area (Å²) in [7, 11) is 0. The lowest BCUT2D eigenvalue weighted by molar-refractivity contribution is -0.133. The van der Waals surface area contributed by atoms with Gasteiger partial charge in [0, 0.05) is 89.8 Å². The molecule has 24 heteroatoms. The Morgan fingerprint density at radius 1 is 0.324 bits per heavy atom. The zero-order valence-electron chi connectivity index (χ0n) is 72.3. The number of allylic oxidation sites excluding steroid dienone is 1. The van der Waals surface area contributed by atoms with Gasteiger partial charge >= 0.3 is 17.9 Å². The highest BCUT2D eigenvalue weighted by Crippen LogP contribution is 2.42. The van der Waals surface area contributed by atoms with Gasteiger partial charge in [0.15, 0.2) is 26.9 Å². The third-order valence-corrected chi connectivity index (χ3v) is 22.4. The van der Waals surface area contributed by atoms with Crippen LogP contribution in [0.2, 0.25) is 0 Å². The summed E-state index contributed by atoms with van der Waals surface area (Å²) in [5.74, 6) is -1.90. The van der Waals surface area contributed by atoms with Crippen LogP contribution in [0.5, 0.6) is 23.0 Å². The molecule has 12 aromatic carbocycles. The molecular formula is C112H78N12O12. The Balaban J connectivity index is 0.790. The van der Waals surface area contributed by atoms with Gasteiger partial charge in [0.05, 0.1) is 29.3 Å². The van der Waals surface area contributed by atoms with Crippen molar-refractivity contribution in [2.45, 2.75) is 0 Å². The predicted molar refractivity (Wildman–Crippen MR) is 528 cm³/mol. The Hall–Kier alpha value is -19.6. The number of carboxylic acids is 3. The molecule has 0 unspecified atom stereocenters. The van der Waals surface area contributed by atoms with Gasteiger partial charge in [-0.25, -0.2) is 24.4 Å². The normalized spacial score (nSPS) is 11.6. The van der Waals surface area contributed by atoms with Crippen molar-refractivity contribution in [3.8, 4) is 85.7 Å². The van der Waals surface area contributed by atoms with Crippen molar-refractivity contribution in [3.05, 3.63) is 419 Å². The minimum Gasteiger partial charge on any atom is -0.486 e. The summed E-state index contributed by atoms with van der Waals surface area (Å²) in [6.07, 6.45) is 13.5. The predicted octanol–water partition coefficient (Wildman–Crippen LogP) is 24.4. The van der Waals surface area contributed by atoms with E-state index in [9.17, 15) is 50.3 Å². The second-order valence-electron chi connectivity index (χ2n) is 30.8. The number of hydrogen-bond donors (Lipinski definition) is 5. The van der Waals surface area contributed by atoms with Crippen molar-refractivity contribution >= 4 is 141 Å². The SMILES string of the molecule is [C-]#[N+]/C(=C\c1ccc(N(COc2ccc(-c3c4nc(c(-c5ccc(OCN(c6ccccc6)c6ccc(/C=C(/C#N)C(=O)O)cc6)cc5)c5ccc([nH]5)c(-c5ccc(OCN(c6ccccc6)c6ccc(/C=C(\C#N)OC=O)cc6)cc5)c5nc(c(-c6ccc(OCN(c7ccccc7)c7ccc(/C=C(/C#N)C(=O)O)cc7)cc6)c6ccc3[nH]6)C=C5)C=C4)cc2)c2ccccc2)cc1)C(=O)O. The summed E-state index contributed by atoms with van der Waals surface area (Å²) in [4.78, 5) is 76.7. The van der Waals surface area contributed by atoms with Gasteiger partial charge in [-0.1, -0.05) is 170 Å². The molecule has 658 valence electrons. The Bertz CT molecular complexity index is 6950. The highest BCUT2D eigenvalue weighted by atomic mass is 16.5. The number of aromatic amines is 2. The Morgan fingerprint density at radius 2 is 0.574 bits per heavy atom. The number of ether oxygens (including phenoxy) is 5. The van der Waals surface area contributed by atoms with Crippen LogP contribution in [0.3, 0.4) is 0 Å². The fourth-order valence-electron chi connectivity index (χ4n) is 15.7. The number of benzene rings is 12. The molecule has 0 radical (unpaired) electrons. The number of nitrogens with one attached hydrogen (secondary N) is 2. The fraction of sp³-hybridized carbons (Fsp3) is 0.0357. The van der Waals surface area contributed by atoms with Gasteiger partial charge in [0.2, 0.25) is 5.76 Å². The van der Waals surface area contributed by atoms with E-state index in [0.717, 1.165) is 90.0 Å². The number of carboxylic acid groups (broad SMARTS) is 3. The lowest BCUT2D eigenvalue weighted by Gasteiger charge is -2.25. The zero-order valence-corrected chi connectivity index (χ0v) is 72.3. The van der Waals surface area contributed by atoms with Crippen LogP contribution in [0.15, 0.2) is 362 Å². The number of fused-ring (bicyclic) bond motifs is 8. The average molecular weight is 1780 g/mol. The quantitative estimate of drug-likeness (QED) is 0.00637. The summed E-state index contributed by atoms with van der Waals surface area (Å²) in [5.41, 5.74) is 18.9. The standard InChI is InChI=1S/C112H78N12O12/c1-116-105(112(130)131)65-77-28-44-91(45-29-77)124(87-20-12-5-13-21-87)72-135-95-52-36-81(37-53-95)109-103-60-56-99(119-103)106(78-30-46-92(47-31-78)132-69-121(84-14-6-2-7-15-84)88-38-22-74(23-39-88)62-82(66-113)110(126)127)97-54-58-101(117-97)108(80-34-50-94(51-35-80)134-71-123(86-18-10-4-11-19-86)90-42-26-76(27-43-90)64-96(68-115)136-73-125)102-59-55-98(118-102)107(100-57-61-104(109)120-100)79-32-48-93(49-33-79)133-70-122(85-16-8-3-9-17-85)89-40-24-75(25-41-89)63-83(67-114)111(128)129/h2-65,73,117,120H,69-72H2,(H,126,127)(H,128,129)(H,130,131)/b82-62-,83-63-,96-64+,105-65-,106-97?,106-99?,107-98?,107-100?,108-101?,108-102?,109-103?,109-104?. The molecular weight excluding hydrogens is 1710 g/mol. The third kappa shape index (κ3) is 20.6. The number of aromatic nitrogens is 4. The largest absolute Gasteiger partial charge is 0.486 e. The molecule has 0 fully saturated rings. The van der Waals surface area contributed by atoms with Gasteiger partial charge in [0.25, 0.3) is 12.2 Å². The fourth-order valence-corrected chi connectivity index (χ4v) is 15.7. The van der Waals surface area contributed by atoms with E-state index in [-0.39, 0.29) is 39.2 Å². The van der Waals surface area contributed by atoms with Gasteiger partial charge in [-0.3, -0.25) is 9.59 Å². The molecule has 3 aromatic heterocycles. The molecule has 0 spiro atoms. The van der Waals surface area contributed by atoms with Crippen molar-refractivity contribution in [2.24, 2.45) is 0 Å². The Kier molecular flexibility index (Phi) is 26.8. The first-order valence-electron chi connectivity index (χ1n) is 42.7. The van der Waals surface area contributed by atoms with Crippen molar-refractivity contribution in [2.75, 3.05) is 46.5 Å². The average Bonchev–Trinajstić information content (AvgIpc) is 1.61. The van der Waals surface area contributed by atoms with Crippen LogP contribution in [-0.2, 0) is 23.9 Å². The van der Waals surface area contributed by atoms with E-state index in [0.29, 0.717) is 90.1 Å². The number of para-hydroxylation sites is 4. The lowest BCUT2D eigenvalue weighted by atomic mass is 10.0. The van der Waals surface area contributed by atoms with Gasteiger partial charge in [-0.15, -0.1) is 0 Å². The number of H-pyrrole nitrogens is 2. The highest BCUT2D eigenvalue weighted by molar-refractivity contribution is 6.02. The van der Waals surface area contributed by atoms with Gasteiger partial charge in [-0.05, 0) is 263 Å². The molecule has 15 aromatic rings. The van der Waals surface area contributed by atoms with Crippen molar-refractivity contribution < 1.29 is 58.2 Å².